The number of amides is 1. The van der Waals surface area contributed by atoms with E-state index in [1.807, 2.05) is 50.2 Å². The van der Waals surface area contributed by atoms with E-state index in [2.05, 4.69) is 4.99 Å². The first-order valence-electron chi connectivity index (χ1n) is 12.3. The van der Waals surface area contributed by atoms with Crippen molar-refractivity contribution < 1.29 is 32.2 Å². The number of halogens is 3. The first-order chi connectivity index (χ1) is 16.9. The Balaban J connectivity index is 2.02. The van der Waals surface area contributed by atoms with Crippen molar-refractivity contribution in [3.63, 3.8) is 0 Å². The summed E-state index contributed by atoms with van der Waals surface area (Å²) in [4.78, 5) is 17.6. The Morgan fingerprint density at radius 1 is 1.19 bits per heavy atom. The fourth-order valence-corrected chi connectivity index (χ4v) is 4.21. The fraction of sp³-hybridized carbons (Fsp3) is 0.615. The van der Waals surface area contributed by atoms with Gasteiger partial charge in [-0.3, -0.25) is 14.2 Å². The highest BCUT2D eigenvalue weighted by Gasteiger charge is 2.32. The number of aromatic nitrogens is 2. The van der Waals surface area contributed by atoms with Crippen LogP contribution >= 0.6 is 0 Å². The van der Waals surface area contributed by atoms with Crippen molar-refractivity contribution in [2.45, 2.75) is 71.2 Å². The predicted octanol–water partition coefficient (Wildman–Crippen LogP) is 4.87. The Kier molecular flexibility index (Phi) is 9.05. The second-order valence-corrected chi connectivity index (χ2v) is 9.90. The molecule has 2 aromatic rings. The monoisotopic (exact) mass is 511 g/mol. The van der Waals surface area contributed by atoms with E-state index in [-0.39, 0.29) is 29.4 Å². The number of benzene rings is 1. The van der Waals surface area contributed by atoms with E-state index in [9.17, 15) is 18.0 Å². The molecule has 1 aromatic carbocycles. The second kappa shape index (κ2) is 11.6. The number of hydrogen-bond acceptors (Lipinski definition) is 4. The van der Waals surface area contributed by atoms with Gasteiger partial charge < -0.3 is 14.2 Å². The zero-order valence-electron chi connectivity index (χ0n) is 21.7. The molecule has 0 unspecified atom stereocenters. The maximum atomic E-state index is 13.4. The lowest BCUT2D eigenvalue weighted by Crippen LogP contribution is -2.30. The van der Waals surface area contributed by atoms with Gasteiger partial charge in [0.15, 0.2) is 5.49 Å². The summed E-state index contributed by atoms with van der Waals surface area (Å²) < 4.78 is 60.8. The molecule has 1 aliphatic rings. The molecule has 1 fully saturated rings. The minimum atomic E-state index is -4.60. The molecular formula is C26H36F3N3O4. The Bertz CT molecular complexity index is 1110. The van der Waals surface area contributed by atoms with E-state index < -0.39 is 17.6 Å². The van der Waals surface area contributed by atoms with Crippen molar-refractivity contribution in [2.24, 2.45) is 12.0 Å². The molecule has 1 aromatic heterocycles. The van der Waals surface area contributed by atoms with Gasteiger partial charge >= 0.3 is 6.18 Å². The van der Waals surface area contributed by atoms with Crippen molar-refractivity contribution in [1.29, 1.82) is 0 Å². The van der Waals surface area contributed by atoms with Crippen LogP contribution in [-0.4, -0.2) is 47.8 Å². The topological polar surface area (TPSA) is 67.0 Å². The summed E-state index contributed by atoms with van der Waals surface area (Å²) in [7, 11) is 1.89. The van der Waals surface area contributed by atoms with Gasteiger partial charge in [0, 0.05) is 50.5 Å². The molecule has 10 heteroatoms. The average molecular weight is 512 g/mol. The molecule has 0 radical (unpaired) electrons. The van der Waals surface area contributed by atoms with E-state index in [1.165, 1.54) is 6.07 Å². The van der Waals surface area contributed by atoms with Gasteiger partial charge in [0.2, 0.25) is 0 Å². The minimum Gasteiger partial charge on any atom is -0.493 e. The number of hydrogen-bond donors (Lipinski definition) is 0. The standard InChI is InChI=1S/C26H36F3N3O4/c1-6-34-12-8-14-36-21-11-10-18(26(27,28)29)15-20(21)24(33)30-23-16-22(25(2,3)4)31(5)32(23)17-19-9-7-13-35-19/h10-11,15-16,19H,6-9,12-14,17H2,1-5H3/b30-23+/t19-/m1/s1. The van der Waals surface area contributed by atoms with Crippen LogP contribution in [-0.2, 0) is 34.7 Å². The lowest BCUT2D eigenvalue weighted by molar-refractivity contribution is -0.137. The molecule has 0 N–H and O–H groups in total. The summed E-state index contributed by atoms with van der Waals surface area (Å²) in [5.74, 6) is -0.737. The van der Waals surface area contributed by atoms with Gasteiger partial charge in [0.05, 0.1) is 30.4 Å². The summed E-state index contributed by atoms with van der Waals surface area (Å²) in [6.07, 6.45) is -2.23. The van der Waals surface area contributed by atoms with Crippen molar-refractivity contribution in [1.82, 2.24) is 9.36 Å². The van der Waals surface area contributed by atoms with E-state index in [4.69, 9.17) is 14.2 Å². The summed E-state index contributed by atoms with van der Waals surface area (Å²) in [6, 6.07) is 4.70. The fourth-order valence-electron chi connectivity index (χ4n) is 4.21. The van der Waals surface area contributed by atoms with Crippen LogP contribution in [0.25, 0.3) is 0 Å². The number of alkyl halides is 3. The molecule has 1 saturated heterocycles. The lowest BCUT2D eigenvalue weighted by atomic mass is 9.92. The third-order valence-electron chi connectivity index (χ3n) is 6.06. The van der Waals surface area contributed by atoms with Crippen LogP contribution in [0.15, 0.2) is 29.3 Å². The van der Waals surface area contributed by atoms with Crippen LogP contribution in [0, 0.1) is 0 Å². The van der Waals surface area contributed by atoms with E-state index in [0.717, 1.165) is 30.7 Å². The smallest absolute Gasteiger partial charge is 0.416 e. The molecule has 200 valence electrons. The van der Waals surface area contributed by atoms with Crippen LogP contribution in [0.5, 0.6) is 5.75 Å². The molecule has 1 atom stereocenters. The largest absolute Gasteiger partial charge is 0.493 e. The second-order valence-electron chi connectivity index (χ2n) is 9.90. The third kappa shape index (κ3) is 7.00. The maximum absolute atomic E-state index is 13.4. The molecule has 7 nitrogen and oxygen atoms in total. The predicted molar refractivity (Wildman–Crippen MR) is 129 cm³/mol. The quantitative estimate of drug-likeness (QED) is 0.451. The SMILES string of the molecule is CCOCCCOc1ccc(C(F)(F)F)cc1C(=O)/N=c1\cc(C(C)(C)C)n(C)n1C[C@H]1CCCO1. The Morgan fingerprint density at radius 3 is 2.56 bits per heavy atom. The molecule has 1 aliphatic heterocycles. The van der Waals surface area contributed by atoms with Crippen molar-refractivity contribution in [3.05, 3.63) is 46.6 Å². The zero-order valence-corrected chi connectivity index (χ0v) is 21.7. The molecular weight excluding hydrogens is 475 g/mol. The summed E-state index contributed by atoms with van der Waals surface area (Å²) in [5.41, 5.74) is -0.106. The number of nitrogens with zero attached hydrogens (tertiary/aromatic N) is 3. The molecule has 36 heavy (non-hydrogen) atoms. The summed E-state index contributed by atoms with van der Waals surface area (Å²) in [6.45, 7) is 10.4. The van der Waals surface area contributed by atoms with Crippen LogP contribution in [0.2, 0.25) is 0 Å². The van der Waals surface area contributed by atoms with Crippen LogP contribution in [0.4, 0.5) is 13.2 Å². The number of carbonyl (C=O) groups is 1. The maximum Gasteiger partial charge on any atom is 0.416 e. The molecule has 3 rings (SSSR count). The normalized spacial score (nSPS) is 17.1. The van der Waals surface area contributed by atoms with E-state index in [1.54, 1.807) is 0 Å². The van der Waals surface area contributed by atoms with Crippen LogP contribution < -0.4 is 10.2 Å². The number of rotatable bonds is 9. The number of ether oxygens (including phenoxy) is 3. The first-order valence-corrected chi connectivity index (χ1v) is 12.3. The molecule has 1 amide bonds. The highest BCUT2D eigenvalue weighted by Crippen LogP contribution is 2.33. The van der Waals surface area contributed by atoms with Gasteiger partial charge in [-0.1, -0.05) is 20.8 Å². The van der Waals surface area contributed by atoms with Gasteiger partial charge in [-0.05, 0) is 38.0 Å². The van der Waals surface area contributed by atoms with Crippen molar-refractivity contribution in [2.75, 3.05) is 26.4 Å². The molecule has 0 bridgehead atoms. The highest BCUT2D eigenvalue weighted by atomic mass is 19.4. The number of carbonyl (C=O) groups excluding carboxylic acids is 1. The highest BCUT2D eigenvalue weighted by molar-refractivity contribution is 5.97. The molecule has 0 aliphatic carbocycles. The van der Waals surface area contributed by atoms with Gasteiger partial charge in [-0.2, -0.15) is 18.2 Å². The Labute approximate surface area is 209 Å². The molecule has 0 saturated carbocycles. The molecule has 0 spiro atoms. The zero-order chi connectivity index (χ0) is 26.5. The van der Waals surface area contributed by atoms with E-state index >= 15 is 0 Å². The summed E-state index contributed by atoms with van der Waals surface area (Å²) in [5, 5.41) is 0. The summed E-state index contributed by atoms with van der Waals surface area (Å²) >= 11 is 0. The van der Waals surface area contributed by atoms with Crippen molar-refractivity contribution in [3.8, 4) is 5.75 Å². The van der Waals surface area contributed by atoms with E-state index in [0.29, 0.717) is 38.3 Å². The average Bonchev–Trinajstić information content (AvgIpc) is 3.42. The van der Waals surface area contributed by atoms with Gasteiger partial charge in [-0.15, -0.1) is 0 Å². The third-order valence-corrected chi connectivity index (χ3v) is 6.06. The van der Waals surface area contributed by atoms with Gasteiger partial charge in [-0.25, -0.2) is 0 Å². The first kappa shape index (κ1) is 28.0. The molecule has 2 heterocycles. The van der Waals surface area contributed by atoms with Crippen molar-refractivity contribution >= 4 is 5.91 Å². The van der Waals surface area contributed by atoms with Crippen LogP contribution in [0.3, 0.4) is 0 Å². The minimum absolute atomic E-state index is 0.0155. The van der Waals surface area contributed by atoms with Gasteiger partial charge in [0.25, 0.3) is 5.91 Å². The Morgan fingerprint density at radius 2 is 1.94 bits per heavy atom. The van der Waals surface area contributed by atoms with Crippen LogP contribution in [0.1, 0.15) is 68.6 Å². The Hall–Kier alpha value is -2.59. The lowest BCUT2D eigenvalue weighted by Gasteiger charge is -2.21. The van der Waals surface area contributed by atoms with Gasteiger partial charge in [0.1, 0.15) is 5.75 Å².